The third kappa shape index (κ3) is 3.88. The highest BCUT2D eigenvalue weighted by molar-refractivity contribution is 5.57. The second-order valence-corrected chi connectivity index (χ2v) is 6.76. The Hall–Kier alpha value is -2.05. The van der Waals surface area contributed by atoms with Crippen LogP contribution in [0.5, 0.6) is 0 Å². The number of pyridine rings is 1. The fourth-order valence-corrected chi connectivity index (χ4v) is 3.09. The highest BCUT2D eigenvalue weighted by atomic mass is 16.5. The van der Waals surface area contributed by atoms with Crippen LogP contribution in [0.15, 0.2) is 30.6 Å². The lowest BCUT2D eigenvalue weighted by Crippen LogP contribution is -2.54. The van der Waals surface area contributed by atoms with Crippen LogP contribution in [0.3, 0.4) is 0 Å². The SMILES string of the molecule is COC[C@H]1CN(c2cc(C)nc(-c3ccncc3)n2)CC(C)(C)O1. The van der Waals surface area contributed by atoms with E-state index < -0.39 is 0 Å². The van der Waals surface area contributed by atoms with Crippen LogP contribution in [-0.4, -0.2) is 53.5 Å². The molecule has 0 aliphatic carbocycles. The minimum absolute atomic E-state index is 0.0263. The van der Waals surface area contributed by atoms with Gasteiger partial charge in [-0.05, 0) is 32.9 Å². The van der Waals surface area contributed by atoms with Crippen molar-refractivity contribution in [1.82, 2.24) is 15.0 Å². The Kier molecular flexibility index (Phi) is 4.78. The molecule has 128 valence electrons. The zero-order chi connectivity index (χ0) is 17.2. The average molecular weight is 328 g/mol. The van der Waals surface area contributed by atoms with Gasteiger partial charge in [-0.1, -0.05) is 0 Å². The summed E-state index contributed by atoms with van der Waals surface area (Å²) in [4.78, 5) is 15.7. The number of morpholine rings is 1. The van der Waals surface area contributed by atoms with E-state index in [2.05, 4.69) is 28.7 Å². The molecule has 0 radical (unpaired) electrons. The van der Waals surface area contributed by atoms with E-state index >= 15 is 0 Å². The molecule has 0 bridgehead atoms. The van der Waals surface area contributed by atoms with Gasteiger partial charge in [-0.2, -0.15) is 0 Å². The van der Waals surface area contributed by atoms with Crippen molar-refractivity contribution < 1.29 is 9.47 Å². The van der Waals surface area contributed by atoms with Crippen LogP contribution in [0.25, 0.3) is 11.4 Å². The van der Waals surface area contributed by atoms with Gasteiger partial charge in [0.15, 0.2) is 5.82 Å². The standard InChI is InChI=1S/C18H24N4O2/c1-13-9-16(21-17(20-13)14-5-7-19-8-6-14)22-10-15(11-23-4)24-18(2,3)12-22/h5-9,15H,10-12H2,1-4H3/t15-/m1/s1. The van der Waals surface area contributed by atoms with Gasteiger partial charge in [0.05, 0.1) is 18.3 Å². The molecule has 2 aromatic rings. The number of hydrogen-bond acceptors (Lipinski definition) is 6. The summed E-state index contributed by atoms with van der Waals surface area (Å²) >= 11 is 0. The summed E-state index contributed by atoms with van der Waals surface area (Å²) in [6.07, 6.45) is 3.54. The molecule has 0 spiro atoms. The van der Waals surface area contributed by atoms with Crippen molar-refractivity contribution in [2.45, 2.75) is 32.5 Å². The topological polar surface area (TPSA) is 60.4 Å². The Balaban J connectivity index is 1.92. The van der Waals surface area contributed by atoms with Crippen molar-refractivity contribution in [3.63, 3.8) is 0 Å². The summed E-state index contributed by atoms with van der Waals surface area (Å²) < 4.78 is 11.4. The van der Waals surface area contributed by atoms with Crippen molar-refractivity contribution in [3.8, 4) is 11.4 Å². The first kappa shape index (κ1) is 16.8. The molecule has 1 atom stereocenters. The highest BCUT2D eigenvalue weighted by Crippen LogP contribution is 2.27. The van der Waals surface area contributed by atoms with E-state index in [-0.39, 0.29) is 11.7 Å². The van der Waals surface area contributed by atoms with E-state index in [9.17, 15) is 0 Å². The molecule has 6 heteroatoms. The van der Waals surface area contributed by atoms with Crippen molar-refractivity contribution >= 4 is 5.82 Å². The lowest BCUT2D eigenvalue weighted by Gasteiger charge is -2.43. The number of aromatic nitrogens is 3. The van der Waals surface area contributed by atoms with Gasteiger partial charge in [0.2, 0.25) is 0 Å². The van der Waals surface area contributed by atoms with Gasteiger partial charge < -0.3 is 14.4 Å². The Bertz CT molecular complexity index is 691. The van der Waals surface area contributed by atoms with Crippen molar-refractivity contribution in [2.75, 3.05) is 31.7 Å². The maximum absolute atomic E-state index is 6.09. The molecule has 24 heavy (non-hydrogen) atoms. The number of nitrogens with zero attached hydrogens (tertiary/aromatic N) is 4. The van der Waals surface area contributed by atoms with Crippen molar-refractivity contribution in [3.05, 3.63) is 36.3 Å². The van der Waals surface area contributed by atoms with Gasteiger partial charge in [-0.15, -0.1) is 0 Å². The molecule has 0 amide bonds. The van der Waals surface area contributed by atoms with E-state index in [1.807, 2.05) is 25.1 Å². The monoisotopic (exact) mass is 328 g/mol. The van der Waals surface area contributed by atoms with Crippen LogP contribution >= 0.6 is 0 Å². The first-order chi connectivity index (χ1) is 11.5. The Morgan fingerprint density at radius 3 is 2.75 bits per heavy atom. The van der Waals surface area contributed by atoms with E-state index in [1.165, 1.54) is 0 Å². The molecule has 6 nitrogen and oxygen atoms in total. The van der Waals surface area contributed by atoms with Crippen molar-refractivity contribution in [2.24, 2.45) is 0 Å². The molecule has 0 N–H and O–H groups in total. The average Bonchev–Trinajstić information content (AvgIpc) is 2.54. The molecule has 0 saturated carbocycles. The summed E-state index contributed by atoms with van der Waals surface area (Å²) in [6.45, 7) is 8.29. The summed E-state index contributed by atoms with van der Waals surface area (Å²) in [5.74, 6) is 1.65. The number of aryl methyl sites for hydroxylation is 1. The van der Waals surface area contributed by atoms with E-state index in [4.69, 9.17) is 14.5 Å². The van der Waals surface area contributed by atoms with E-state index in [0.717, 1.165) is 36.0 Å². The predicted octanol–water partition coefficient (Wildman–Crippen LogP) is 2.48. The number of rotatable bonds is 4. The fraction of sp³-hybridized carbons (Fsp3) is 0.500. The number of ether oxygens (including phenoxy) is 2. The molecule has 2 aromatic heterocycles. The predicted molar refractivity (Wildman–Crippen MR) is 93.0 cm³/mol. The fourth-order valence-electron chi connectivity index (χ4n) is 3.09. The minimum atomic E-state index is -0.253. The lowest BCUT2D eigenvalue weighted by molar-refractivity contribution is -0.106. The van der Waals surface area contributed by atoms with Gasteiger partial charge in [-0.3, -0.25) is 4.98 Å². The zero-order valence-electron chi connectivity index (χ0n) is 14.7. The quantitative estimate of drug-likeness (QED) is 0.859. The summed E-state index contributed by atoms with van der Waals surface area (Å²) in [5, 5.41) is 0. The van der Waals surface area contributed by atoms with Crippen LogP contribution in [0.1, 0.15) is 19.5 Å². The van der Waals surface area contributed by atoms with Gasteiger partial charge in [0.25, 0.3) is 0 Å². The van der Waals surface area contributed by atoms with Crippen LogP contribution in [0, 0.1) is 6.92 Å². The first-order valence-electron chi connectivity index (χ1n) is 8.15. The van der Waals surface area contributed by atoms with Gasteiger partial charge in [-0.25, -0.2) is 9.97 Å². The summed E-state index contributed by atoms with van der Waals surface area (Å²) in [6, 6.07) is 5.88. The van der Waals surface area contributed by atoms with Crippen LogP contribution < -0.4 is 4.90 Å². The van der Waals surface area contributed by atoms with Crippen molar-refractivity contribution in [1.29, 1.82) is 0 Å². The van der Waals surface area contributed by atoms with Gasteiger partial charge in [0, 0.05) is 49.9 Å². The van der Waals surface area contributed by atoms with E-state index in [0.29, 0.717) is 6.61 Å². The Morgan fingerprint density at radius 2 is 2.04 bits per heavy atom. The van der Waals surface area contributed by atoms with Gasteiger partial charge in [0.1, 0.15) is 5.82 Å². The first-order valence-corrected chi connectivity index (χ1v) is 8.15. The Morgan fingerprint density at radius 1 is 1.29 bits per heavy atom. The summed E-state index contributed by atoms with van der Waals surface area (Å²) in [7, 11) is 1.70. The lowest BCUT2D eigenvalue weighted by atomic mass is 10.1. The number of methoxy groups -OCH3 is 1. The third-order valence-electron chi connectivity index (χ3n) is 3.94. The second kappa shape index (κ2) is 6.83. The minimum Gasteiger partial charge on any atom is -0.382 e. The molecule has 3 rings (SSSR count). The molecular weight excluding hydrogens is 304 g/mol. The second-order valence-electron chi connectivity index (χ2n) is 6.76. The molecule has 3 heterocycles. The largest absolute Gasteiger partial charge is 0.382 e. The normalized spacial score (nSPS) is 20.2. The van der Waals surface area contributed by atoms with Crippen LogP contribution in [0.2, 0.25) is 0 Å². The maximum Gasteiger partial charge on any atom is 0.161 e. The van der Waals surface area contributed by atoms with E-state index in [1.54, 1.807) is 19.5 Å². The molecule has 0 unspecified atom stereocenters. The highest BCUT2D eigenvalue weighted by Gasteiger charge is 2.34. The maximum atomic E-state index is 6.09. The van der Waals surface area contributed by atoms with Crippen LogP contribution in [-0.2, 0) is 9.47 Å². The summed E-state index contributed by atoms with van der Waals surface area (Å²) in [5.41, 5.74) is 1.66. The smallest absolute Gasteiger partial charge is 0.161 e. The Labute approximate surface area is 142 Å². The number of anilines is 1. The molecular formula is C18H24N4O2. The molecule has 1 aliphatic heterocycles. The number of hydrogen-bond donors (Lipinski definition) is 0. The molecule has 1 aliphatic rings. The third-order valence-corrected chi connectivity index (χ3v) is 3.94. The van der Waals surface area contributed by atoms with Crippen LogP contribution in [0.4, 0.5) is 5.82 Å². The zero-order valence-corrected chi connectivity index (χ0v) is 14.7. The molecule has 1 fully saturated rings. The molecule has 1 saturated heterocycles. The van der Waals surface area contributed by atoms with Gasteiger partial charge >= 0.3 is 0 Å². The molecule has 0 aromatic carbocycles.